The number of ether oxygens (including phenoxy) is 2. The number of carbonyl (C=O) groups is 1. The van der Waals surface area contributed by atoms with E-state index in [-0.39, 0.29) is 6.61 Å². The van der Waals surface area contributed by atoms with E-state index < -0.39 is 6.09 Å². The van der Waals surface area contributed by atoms with Crippen LogP contribution in [0.2, 0.25) is 0 Å². The zero-order valence-corrected chi connectivity index (χ0v) is 14.4. The average Bonchev–Trinajstić information content (AvgIpc) is 2.58. The molecule has 0 fully saturated rings. The fourth-order valence-corrected chi connectivity index (χ4v) is 2.32. The van der Waals surface area contributed by atoms with Gasteiger partial charge in [-0.25, -0.2) is 4.79 Å². The van der Waals surface area contributed by atoms with Crippen molar-refractivity contribution in [3.05, 3.63) is 70.2 Å². The van der Waals surface area contributed by atoms with Crippen LogP contribution in [0.25, 0.3) is 6.08 Å². The van der Waals surface area contributed by atoms with Gasteiger partial charge in [0.25, 0.3) is 0 Å². The number of nitrogens with one attached hydrogen (secondary N) is 1. The molecular formula is C18H18BrNO3. The van der Waals surface area contributed by atoms with Crippen LogP contribution in [-0.4, -0.2) is 19.7 Å². The van der Waals surface area contributed by atoms with Crippen LogP contribution in [0, 0.1) is 0 Å². The molecule has 2 aromatic carbocycles. The molecule has 2 aromatic rings. The highest BCUT2D eigenvalue weighted by Crippen LogP contribution is 2.23. The first-order chi connectivity index (χ1) is 11.2. The molecule has 0 aliphatic heterocycles. The smallest absolute Gasteiger partial charge is 0.407 e. The Morgan fingerprint density at radius 2 is 2.00 bits per heavy atom. The van der Waals surface area contributed by atoms with E-state index in [9.17, 15) is 4.79 Å². The van der Waals surface area contributed by atoms with Crippen molar-refractivity contribution in [3.63, 3.8) is 0 Å². The predicted molar refractivity (Wildman–Crippen MR) is 94.4 cm³/mol. The van der Waals surface area contributed by atoms with Gasteiger partial charge in [-0.05, 0) is 23.8 Å². The normalized spacial score (nSPS) is 10.5. The van der Waals surface area contributed by atoms with Gasteiger partial charge in [0, 0.05) is 16.6 Å². The van der Waals surface area contributed by atoms with Gasteiger partial charge in [-0.3, -0.25) is 0 Å². The molecule has 2 rings (SSSR count). The lowest BCUT2D eigenvalue weighted by Gasteiger charge is -2.06. The van der Waals surface area contributed by atoms with E-state index in [0.29, 0.717) is 6.54 Å². The lowest BCUT2D eigenvalue weighted by atomic mass is 10.2. The Morgan fingerprint density at radius 1 is 1.22 bits per heavy atom. The summed E-state index contributed by atoms with van der Waals surface area (Å²) in [6.07, 6.45) is 3.29. The van der Waals surface area contributed by atoms with E-state index >= 15 is 0 Å². The van der Waals surface area contributed by atoms with Gasteiger partial charge in [0.05, 0.1) is 7.11 Å². The Labute approximate surface area is 144 Å². The van der Waals surface area contributed by atoms with Gasteiger partial charge < -0.3 is 14.8 Å². The number of benzene rings is 2. The van der Waals surface area contributed by atoms with Crippen molar-refractivity contribution < 1.29 is 14.3 Å². The maximum Gasteiger partial charge on any atom is 0.407 e. The fourth-order valence-electron chi connectivity index (χ4n) is 1.94. The average molecular weight is 376 g/mol. The van der Waals surface area contributed by atoms with Crippen molar-refractivity contribution in [2.24, 2.45) is 0 Å². The van der Waals surface area contributed by atoms with Crippen LogP contribution in [0.5, 0.6) is 5.75 Å². The maximum absolute atomic E-state index is 11.6. The third-order valence-electron chi connectivity index (χ3n) is 3.07. The summed E-state index contributed by atoms with van der Waals surface area (Å²) < 4.78 is 11.4. The topological polar surface area (TPSA) is 47.6 Å². The van der Waals surface area contributed by atoms with Crippen LogP contribution in [0.3, 0.4) is 0 Å². The molecule has 0 aliphatic rings. The number of rotatable bonds is 6. The molecule has 0 heterocycles. The molecule has 0 bridgehead atoms. The molecule has 5 heteroatoms. The molecule has 0 saturated heterocycles. The third-order valence-corrected chi connectivity index (χ3v) is 3.56. The van der Waals surface area contributed by atoms with E-state index in [1.807, 2.05) is 60.7 Å². The van der Waals surface area contributed by atoms with Gasteiger partial charge in [-0.15, -0.1) is 0 Å². The summed E-state index contributed by atoms with van der Waals surface area (Å²) in [4.78, 5) is 11.6. The summed E-state index contributed by atoms with van der Waals surface area (Å²) >= 11 is 3.42. The molecule has 23 heavy (non-hydrogen) atoms. The number of hydrogen-bond donors (Lipinski definition) is 1. The Kier molecular flexibility index (Phi) is 6.69. The van der Waals surface area contributed by atoms with Gasteiger partial charge in [-0.1, -0.05) is 58.4 Å². The standard InChI is InChI=1S/C18H18BrNO3/c1-22-17-10-9-16(19)12-15(17)8-5-11-20-18(21)23-13-14-6-3-2-4-7-14/h2-10,12H,11,13H2,1H3,(H,20,21). The van der Waals surface area contributed by atoms with Crippen molar-refractivity contribution in [1.82, 2.24) is 5.32 Å². The van der Waals surface area contributed by atoms with Crippen LogP contribution in [-0.2, 0) is 11.3 Å². The van der Waals surface area contributed by atoms with E-state index in [4.69, 9.17) is 9.47 Å². The van der Waals surface area contributed by atoms with Crippen LogP contribution in [0.1, 0.15) is 11.1 Å². The minimum atomic E-state index is -0.445. The number of halogens is 1. The Bertz CT molecular complexity index is 671. The highest BCUT2D eigenvalue weighted by Gasteiger charge is 2.02. The second-order valence-corrected chi connectivity index (χ2v) is 5.65. The zero-order chi connectivity index (χ0) is 16.5. The molecule has 0 aliphatic carbocycles. The summed E-state index contributed by atoms with van der Waals surface area (Å²) in [5.74, 6) is 0.774. The summed E-state index contributed by atoms with van der Waals surface area (Å²) in [7, 11) is 1.62. The van der Waals surface area contributed by atoms with Crippen molar-refractivity contribution in [2.75, 3.05) is 13.7 Å². The molecule has 0 aromatic heterocycles. The SMILES string of the molecule is COc1ccc(Br)cc1C=CCNC(=O)OCc1ccccc1. The number of amides is 1. The minimum Gasteiger partial charge on any atom is -0.496 e. The van der Waals surface area contributed by atoms with Crippen molar-refractivity contribution in [1.29, 1.82) is 0 Å². The number of carbonyl (C=O) groups excluding carboxylic acids is 1. The largest absolute Gasteiger partial charge is 0.496 e. The van der Waals surface area contributed by atoms with Gasteiger partial charge in [0.1, 0.15) is 12.4 Å². The molecule has 0 atom stereocenters. The van der Waals surface area contributed by atoms with Gasteiger partial charge in [-0.2, -0.15) is 0 Å². The number of hydrogen-bond acceptors (Lipinski definition) is 3. The summed E-state index contributed by atoms with van der Waals surface area (Å²) in [5, 5.41) is 2.67. The Hall–Kier alpha value is -2.27. The van der Waals surface area contributed by atoms with Crippen LogP contribution in [0.15, 0.2) is 59.1 Å². The maximum atomic E-state index is 11.6. The van der Waals surface area contributed by atoms with Crippen LogP contribution >= 0.6 is 15.9 Å². The second-order valence-electron chi connectivity index (χ2n) is 4.73. The van der Waals surface area contributed by atoms with Gasteiger partial charge >= 0.3 is 6.09 Å². The Balaban J connectivity index is 1.78. The van der Waals surface area contributed by atoms with Crippen molar-refractivity contribution in [2.45, 2.75) is 6.61 Å². The number of methoxy groups -OCH3 is 1. The lowest BCUT2D eigenvalue weighted by Crippen LogP contribution is -2.24. The van der Waals surface area contributed by atoms with Gasteiger partial charge in [0.2, 0.25) is 0 Å². The monoisotopic (exact) mass is 375 g/mol. The number of alkyl carbamates (subject to hydrolysis) is 1. The first kappa shape index (κ1) is 17.1. The molecular weight excluding hydrogens is 358 g/mol. The first-order valence-corrected chi connectivity index (χ1v) is 7.93. The van der Waals surface area contributed by atoms with Crippen LogP contribution in [0.4, 0.5) is 4.79 Å². The molecule has 0 spiro atoms. The Morgan fingerprint density at radius 3 is 2.74 bits per heavy atom. The molecule has 0 radical (unpaired) electrons. The minimum absolute atomic E-state index is 0.260. The quantitative estimate of drug-likeness (QED) is 0.813. The van der Waals surface area contributed by atoms with Crippen LogP contribution < -0.4 is 10.1 Å². The fraction of sp³-hybridized carbons (Fsp3) is 0.167. The molecule has 4 nitrogen and oxygen atoms in total. The molecule has 0 saturated carbocycles. The lowest BCUT2D eigenvalue weighted by molar-refractivity contribution is 0.141. The molecule has 0 unspecified atom stereocenters. The molecule has 1 amide bonds. The molecule has 120 valence electrons. The predicted octanol–water partition coefficient (Wildman–Crippen LogP) is 4.40. The summed E-state index contributed by atoms with van der Waals surface area (Å²) in [6.45, 7) is 0.638. The second kappa shape index (κ2) is 9.00. The highest BCUT2D eigenvalue weighted by atomic mass is 79.9. The van der Waals surface area contributed by atoms with Crippen molar-refractivity contribution in [3.8, 4) is 5.75 Å². The summed E-state index contributed by atoms with van der Waals surface area (Å²) in [6, 6.07) is 15.3. The molecule has 1 N–H and O–H groups in total. The van der Waals surface area contributed by atoms with E-state index in [1.54, 1.807) is 7.11 Å². The van der Waals surface area contributed by atoms with E-state index in [0.717, 1.165) is 21.3 Å². The first-order valence-electron chi connectivity index (χ1n) is 7.13. The third kappa shape index (κ3) is 5.79. The van der Waals surface area contributed by atoms with Crippen molar-refractivity contribution >= 4 is 28.1 Å². The van der Waals surface area contributed by atoms with Gasteiger partial charge in [0.15, 0.2) is 0 Å². The van der Waals surface area contributed by atoms with E-state index in [2.05, 4.69) is 21.2 Å². The zero-order valence-electron chi connectivity index (χ0n) is 12.8. The summed E-state index contributed by atoms with van der Waals surface area (Å²) in [5.41, 5.74) is 1.89. The highest BCUT2D eigenvalue weighted by molar-refractivity contribution is 9.10. The van der Waals surface area contributed by atoms with E-state index in [1.165, 1.54) is 0 Å².